The van der Waals surface area contributed by atoms with Crippen molar-refractivity contribution >= 4 is 17.4 Å². The Bertz CT molecular complexity index is 1860. The number of fused-ring (bicyclic) bond motifs is 3. The molecule has 11 nitrogen and oxygen atoms in total. The molecule has 4 aliphatic heterocycles. The molecule has 0 saturated carbocycles. The summed E-state index contributed by atoms with van der Waals surface area (Å²) in [6.45, 7) is 6.38. The zero-order valence-corrected chi connectivity index (χ0v) is 29.0. The number of ether oxygens (including phenoxy) is 2. The lowest BCUT2D eigenvalue weighted by molar-refractivity contribution is -0.140. The highest BCUT2D eigenvalue weighted by atomic mass is 19.4. The smallest absolute Gasteiger partial charge is 0.418 e. The van der Waals surface area contributed by atoms with Crippen LogP contribution in [0.1, 0.15) is 88.4 Å². The van der Waals surface area contributed by atoms with E-state index in [1.807, 2.05) is 11.8 Å². The number of rotatable bonds is 4. The fraction of sp³-hybridized carbons (Fsp3) is 0.543. The van der Waals surface area contributed by atoms with Gasteiger partial charge in [0, 0.05) is 61.4 Å². The van der Waals surface area contributed by atoms with E-state index >= 15 is 4.39 Å². The summed E-state index contributed by atoms with van der Waals surface area (Å²) in [7, 11) is 2.92. The Morgan fingerprint density at radius 2 is 1.98 bits per heavy atom. The van der Waals surface area contributed by atoms with Gasteiger partial charge in [-0.3, -0.25) is 14.4 Å². The molecule has 0 radical (unpaired) electrons. The monoisotopic (exact) mass is 716 g/mol. The Labute approximate surface area is 292 Å². The Morgan fingerprint density at radius 1 is 1.20 bits per heavy atom. The van der Waals surface area contributed by atoms with Crippen LogP contribution in [0, 0.1) is 24.6 Å². The number of halogens is 5. The van der Waals surface area contributed by atoms with Crippen molar-refractivity contribution in [2.45, 2.75) is 90.1 Å². The SMILES string of the molecule is CC#Cc1cc(N)c(F)c(C2Cc3nc(OC)nc(N4CCCn5nc(C(=O)NC)c(C)c5C4)c3CO2)c1C(F)(F)F.FC1CC2CCCN2C1. The van der Waals surface area contributed by atoms with Crippen molar-refractivity contribution < 1.29 is 36.2 Å². The number of nitrogens with two attached hydrogens (primary N) is 1. The molecular weight excluding hydrogens is 675 g/mol. The highest BCUT2D eigenvalue weighted by Gasteiger charge is 2.42. The summed E-state index contributed by atoms with van der Waals surface area (Å²) >= 11 is 0. The van der Waals surface area contributed by atoms with Crippen LogP contribution in [0.2, 0.25) is 0 Å². The van der Waals surface area contributed by atoms with Crippen molar-refractivity contribution in [3.63, 3.8) is 0 Å². The van der Waals surface area contributed by atoms with E-state index in [0.29, 0.717) is 61.4 Å². The zero-order valence-electron chi connectivity index (χ0n) is 29.0. The summed E-state index contributed by atoms with van der Waals surface area (Å²) in [5, 5.41) is 7.09. The van der Waals surface area contributed by atoms with Gasteiger partial charge in [-0.25, -0.2) is 8.78 Å². The summed E-state index contributed by atoms with van der Waals surface area (Å²) in [6.07, 6.45) is -2.95. The van der Waals surface area contributed by atoms with Gasteiger partial charge in [-0.15, -0.1) is 5.92 Å². The van der Waals surface area contributed by atoms with Gasteiger partial charge in [-0.05, 0) is 52.1 Å². The third-order valence-electron chi connectivity index (χ3n) is 9.89. The minimum Gasteiger partial charge on any atom is -0.467 e. The Balaban J connectivity index is 0.000000428. The number of aryl methyl sites for hydroxylation is 1. The maximum absolute atomic E-state index is 15.3. The first-order valence-corrected chi connectivity index (χ1v) is 16.9. The molecule has 7 rings (SSSR count). The molecule has 3 unspecified atom stereocenters. The fourth-order valence-electron chi connectivity index (χ4n) is 7.50. The van der Waals surface area contributed by atoms with Crippen molar-refractivity contribution in [2.24, 2.45) is 0 Å². The minimum atomic E-state index is -4.92. The molecule has 1 aromatic carbocycles. The zero-order chi connectivity index (χ0) is 36.6. The van der Waals surface area contributed by atoms with E-state index < -0.39 is 46.6 Å². The van der Waals surface area contributed by atoms with Crippen LogP contribution >= 0.6 is 0 Å². The van der Waals surface area contributed by atoms with Crippen LogP contribution in [0.15, 0.2) is 6.07 Å². The highest BCUT2D eigenvalue weighted by Crippen LogP contribution is 2.44. The molecule has 2 fully saturated rings. The van der Waals surface area contributed by atoms with Gasteiger partial charge in [-0.1, -0.05) is 5.92 Å². The second-order valence-corrected chi connectivity index (χ2v) is 13.1. The summed E-state index contributed by atoms with van der Waals surface area (Å²) in [5.74, 6) is 3.81. The maximum atomic E-state index is 15.3. The number of nitrogen functional groups attached to an aromatic ring is 1. The van der Waals surface area contributed by atoms with Gasteiger partial charge in [0.05, 0.1) is 49.0 Å². The van der Waals surface area contributed by atoms with Crippen molar-refractivity contribution in [3.8, 4) is 17.9 Å². The minimum absolute atomic E-state index is 0.00607. The molecule has 3 N–H and O–H groups in total. The molecule has 6 heterocycles. The molecule has 2 saturated heterocycles. The van der Waals surface area contributed by atoms with Gasteiger partial charge in [0.2, 0.25) is 0 Å². The fourth-order valence-corrected chi connectivity index (χ4v) is 7.50. The number of hydrogen-bond acceptors (Lipinski definition) is 9. The Hall–Kier alpha value is -4.49. The highest BCUT2D eigenvalue weighted by molar-refractivity contribution is 5.93. The van der Waals surface area contributed by atoms with Crippen LogP contribution in [0.5, 0.6) is 6.01 Å². The lowest BCUT2D eigenvalue weighted by Crippen LogP contribution is -2.29. The number of nitrogens with zero attached hydrogens (tertiary/aromatic N) is 6. The number of hydrogen-bond donors (Lipinski definition) is 2. The average molecular weight is 717 g/mol. The van der Waals surface area contributed by atoms with Crippen molar-refractivity contribution in [1.82, 2.24) is 30.0 Å². The van der Waals surface area contributed by atoms with E-state index in [1.54, 1.807) is 4.68 Å². The van der Waals surface area contributed by atoms with Gasteiger partial charge >= 0.3 is 12.2 Å². The molecular formula is C35H41F5N8O3. The molecule has 4 aliphatic rings. The van der Waals surface area contributed by atoms with Crippen LogP contribution in [0.25, 0.3) is 0 Å². The molecule has 51 heavy (non-hydrogen) atoms. The molecule has 0 spiro atoms. The van der Waals surface area contributed by atoms with Crippen LogP contribution in [-0.2, 0) is 37.0 Å². The normalized spacial score (nSPS) is 21.4. The van der Waals surface area contributed by atoms with E-state index in [-0.39, 0.29) is 24.9 Å². The van der Waals surface area contributed by atoms with Crippen molar-refractivity contribution in [2.75, 3.05) is 44.4 Å². The third-order valence-corrected chi connectivity index (χ3v) is 9.89. The van der Waals surface area contributed by atoms with E-state index in [9.17, 15) is 22.4 Å². The molecule has 1 amide bonds. The summed E-state index contributed by atoms with van der Waals surface area (Å²) < 4.78 is 83.8. The number of methoxy groups -OCH3 is 1. The molecule has 274 valence electrons. The number of carbonyl (C=O) groups is 1. The van der Waals surface area contributed by atoms with Gasteiger partial charge in [0.1, 0.15) is 12.0 Å². The number of anilines is 2. The molecule has 0 aliphatic carbocycles. The van der Waals surface area contributed by atoms with Crippen LogP contribution in [0.4, 0.5) is 33.5 Å². The van der Waals surface area contributed by atoms with Crippen LogP contribution in [-0.4, -0.2) is 76.6 Å². The molecule has 3 aromatic rings. The van der Waals surface area contributed by atoms with E-state index in [0.717, 1.165) is 30.3 Å². The lowest BCUT2D eigenvalue weighted by atomic mass is 9.91. The quantitative estimate of drug-likeness (QED) is 0.221. The summed E-state index contributed by atoms with van der Waals surface area (Å²) in [4.78, 5) is 25.6. The number of nitrogens with one attached hydrogen (secondary N) is 1. The predicted octanol–water partition coefficient (Wildman–Crippen LogP) is 4.88. The molecule has 3 atom stereocenters. The lowest BCUT2D eigenvalue weighted by Gasteiger charge is -2.32. The average Bonchev–Trinajstić information content (AvgIpc) is 3.72. The number of alkyl halides is 4. The standard InChI is InChI=1S/C28H29F4N7O3.C7H12FN/c1-5-7-15-10-17(33)23(29)21(22(15)28(30,31)32)20-11-18-16(13-42-20)25(36-27(35-18)41-4)38-8-6-9-39-19(12-38)14(2)24(37-39)26(40)34-3;8-6-4-7-2-1-3-9(7)5-6/h10,20H,6,8-9,11-13,33H2,1-4H3,(H,34,40);6-7H,1-5H2. The predicted molar refractivity (Wildman–Crippen MR) is 178 cm³/mol. The number of amides is 1. The van der Waals surface area contributed by atoms with E-state index in [2.05, 4.69) is 37.1 Å². The second kappa shape index (κ2) is 14.6. The van der Waals surface area contributed by atoms with E-state index in [1.165, 1.54) is 33.9 Å². The Morgan fingerprint density at radius 3 is 2.67 bits per heavy atom. The van der Waals surface area contributed by atoms with Crippen LogP contribution < -0.4 is 20.7 Å². The first-order valence-electron chi connectivity index (χ1n) is 16.9. The number of carbonyl (C=O) groups excluding carboxylic acids is 1. The van der Waals surface area contributed by atoms with Crippen molar-refractivity contribution in [1.29, 1.82) is 0 Å². The largest absolute Gasteiger partial charge is 0.467 e. The van der Waals surface area contributed by atoms with Crippen molar-refractivity contribution in [3.05, 3.63) is 56.8 Å². The molecule has 2 aromatic heterocycles. The number of aromatic nitrogens is 4. The summed E-state index contributed by atoms with van der Waals surface area (Å²) in [6, 6.07) is 1.51. The van der Waals surface area contributed by atoms with Gasteiger partial charge in [0.25, 0.3) is 5.91 Å². The van der Waals surface area contributed by atoms with E-state index in [4.69, 9.17) is 15.2 Å². The molecule has 16 heteroatoms. The maximum Gasteiger partial charge on any atom is 0.418 e. The topological polar surface area (TPSA) is 124 Å². The van der Waals surface area contributed by atoms with Gasteiger partial charge in [0.15, 0.2) is 11.5 Å². The Kier molecular flexibility index (Phi) is 10.4. The van der Waals surface area contributed by atoms with Gasteiger partial charge < -0.3 is 25.4 Å². The van der Waals surface area contributed by atoms with Crippen LogP contribution in [0.3, 0.4) is 0 Å². The first kappa shape index (κ1) is 36.3. The van der Waals surface area contributed by atoms with Gasteiger partial charge in [-0.2, -0.15) is 28.2 Å². The summed E-state index contributed by atoms with van der Waals surface area (Å²) in [5.41, 5.74) is 5.77. The molecule has 0 bridgehead atoms. The first-order chi connectivity index (χ1) is 24.3. The number of benzene rings is 1. The third kappa shape index (κ3) is 7.18. The second-order valence-electron chi connectivity index (χ2n) is 13.1.